The average Bonchev–Trinajstić information content (AvgIpc) is 2.81. The normalized spacial score (nSPS) is 21.9. The van der Waals surface area contributed by atoms with E-state index in [2.05, 4.69) is 15.3 Å². The highest BCUT2D eigenvalue weighted by Crippen LogP contribution is 2.36. The molecular formula is C11H14ClN5O3. The summed E-state index contributed by atoms with van der Waals surface area (Å²) >= 11 is 5.71. The lowest BCUT2D eigenvalue weighted by atomic mass is 9.89. The van der Waals surface area contributed by atoms with E-state index >= 15 is 0 Å². The van der Waals surface area contributed by atoms with Crippen LogP contribution in [0.4, 0.5) is 11.5 Å². The second kappa shape index (κ2) is 5.20. The van der Waals surface area contributed by atoms with Crippen LogP contribution in [0.2, 0.25) is 5.28 Å². The first-order valence-corrected chi connectivity index (χ1v) is 6.39. The third-order valence-corrected chi connectivity index (χ3v) is 3.65. The molecule has 0 radical (unpaired) electrons. The summed E-state index contributed by atoms with van der Waals surface area (Å²) in [5.74, 6) is 0.0606. The number of amides is 1. The van der Waals surface area contributed by atoms with Gasteiger partial charge in [-0.1, -0.05) is 0 Å². The highest BCUT2D eigenvalue weighted by Gasteiger charge is 2.42. The molecule has 20 heavy (non-hydrogen) atoms. The number of nitrogens with zero attached hydrogens (tertiary/aromatic N) is 4. The molecular weight excluding hydrogens is 286 g/mol. The van der Waals surface area contributed by atoms with E-state index in [1.54, 1.807) is 11.9 Å². The summed E-state index contributed by atoms with van der Waals surface area (Å²) in [7, 11) is 1.57. The molecule has 0 aliphatic carbocycles. The largest absolute Gasteiger partial charge is 0.359 e. The van der Waals surface area contributed by atoms with Gasteiger partial charge in [0.2, 0.25) is 17.0 Å². The molecule has 1 amide bonds. The van der Waals surface area contributed by atoms with Crippen molar-refractivity contribution in [2.45, 2.75) is 13.3 Å². The molecule has 2 rings (SSSR count). The maximum Gasteiger partial charge on any atom is 0.329 e. The lowest BCUT2D eigenvalue weighted by molar-refractivity contribution is -0.384. The molecule has 0 bridgehead atoms. The van der Waals surface area contributed by atoms with Gasteiger partial charge in [0.1, 0.15) is 6.20 Å². The number of hydrogen-bond acceptors (Lipinski definition) is 6. The smallest absolute Gasteiger partial charge is 0.329 e. The fraction of sp³-hybridized carbons (Fsp3) is 0.545. The van der Waals surface area contributed by atoms with E-state index in [0.29, 0.717) is 19.5 Å². The Morgan fingerprint density at radius 2 is 2.35 bits per heavy atom. The first-order valence-electron chi connectivity index (χ1n) is 6.01. The molecule has 8 nitrogen and oxygen atoms in total. The second-order valence-corrected chi connectivity index (χ2v) is 5.25. The Hall–Kier alpha value is -1.96. The molecule has 0 spiro atoms. The maximum atomic E-state index is 11.9. The molecule has 0 aromatic carbocycles. The molecule has 1 fully saturated rings. The van der Waals surface area contributed by atoms with Crippen molar-refractivity contribution in [3.8, 4) is 0 Å². The summed E-state index contributed by atoms with van der Waals surface area (Å²) in [6.45, 7) is 2.67. The van der Waals surface area contributed by atoms with Gasteiger partial charge in [0, 0.05) is 20.1 Å². The number of carbonyl (C=O) groups excluding carboxylic acids is 1. The van der Waals surface area contributed by atoms with Crippen LogP contribution in [0.1, 0.15) is 13.3 Å². The van der Waals surface area contributed by atoms with E-state index in [4.69, 9.17) is 11.6 Å². The molecule has 1 aliphatic heterocycles. The number of nitro groups is 1. The van der Waals surface area contributed by atoms with Crippen LogP contribution in [0.25, 0.3) is 0 Å². The van der Waals surface area contributed by atoms with Crippen LogP contribution in [0.5, 0.6) is 0 Å². The molecule has 1 saturated heterocycles. The standard InChI is InChI=1S/C11H14ClN5O3/c1-11(9(18)13-2)3-4-16(6-11)8-7(17(19)20)5-14-10(12)15-8/h5H,3-4,6H2,1-2H3,(H,13,18). The fourth-order valence-electron chi connectivity index (χ4n) is 2.34. The molecule has 1 unspecified atom stereocenters. The van der Waals surface area contributed by atoms with Gasteiger partial charge < -0.3 is 10.2 Å². The molecule has 1 aliphatic rings. The summed E-state index contributed by atoms with van der Waals surface area (Å²) in [5.41, 5.74) is -0.810. The highest BCUT2D eigenvalue weighted by atomic mass is 35.5. The Morgan fingerprint density at radius 3 is 2.95 bits per heavy atom. The number of hydrogen-bond donors (Lipinski definition) is 1. The van der Waals surface area contributed by atoms with Gasteiger partial charge in [-0.05, 0) is 24.9 Å². The predicted molar refractivity (Wildman–Crippen MR) is 72.7 cm³/mol. The Labute approximate surface area is 120 Å². The van der Waals surface area contributed by atoms with E-state index in [1.807, 2.05) is 6.92 Å². The minimum Gasteiger partial charge on any atom is -0.359 e. The van der Waals surface area contributed by atoms with Crippen molar-refractivity contribution >= 4 is 29.0 Å². The SMILES string of the molecule is CNC(=O)C1(C)CCN(c2nc(Cl)ncc2[N+](=O)[O-])C1. The maximum absolute atomic E-state index is 11.9. The minimum atomic E-state index is -0.597. The van der Waals surface area contributed by atoms with E-state index in [0.717, 1.165) is 6.20 Å². The zero-order valence-electron chi connectivity index (χ0n) is 11.1. The molecule has 0 saturated carbocycles. The van der Waals surface area contributed by atoms with Gasteiger partial charge in [0.25, 0.3) is 0 Å². The highest BCUT2D eigenvalue weighted by molar-refractivity contribution is 6.28. The molecule has 108 valence electrons. The lowest BCUT2D eigenvalue weighted by Crippen LogP contribution is -2.39. The number of halogens is 1. The van der Waals surface area contributed by atoms with Crippen molar-refractivity contribution in [1.82, 2.24) is 15.3 Å². The van der Waals surface area contributed by atoms with E-state index < -0.39 is 10.3 Å². The van der Waals surface area contributed by atoms with Crippen LogP contribution in [-0.2, 0) is 4.79 Å². The Kier molecular flexibility index (Phi) is 3.76. The Bertz CT molecular complexity index is 567. The number of aromatic nitrogens is 2. The summed E-state index contributed by atoms with van der Waals surface area (Å²) in [5, 5.41) is 13.6. The topological polar surface area (TPSA) is 101 Å². The van der Waals surface area contributed by atoms with E-state index in [-0.39, 0.29) is 22.7 Å². The third kappa shape index (κ3) is 2.51. The van der Waals surface area contributed by atoms with Gasteiger partial charge in [-0.25, -0.2) is 4.98 Å². The molecule has 1 N–H and O–H groups in total. The number of anilines is 1. The Balaban J connectivity index is 2.33. The summed E-state index contributed by atoms with van der Waals surface area (Å²) in [6.07, 6.45) is 1.67. The Morgan fingerprint density at radius 1 is 1.65 bits per heavy atom. The lowest BCUT2D eigenvalue weighted by Gasteiger charge is -2.23. The van der Waals surface area contributed by atoms with Crippen LogP contribution in [0, 0.1) is 15.5 Å². The molecule has 1 aromatic rings. The van der Waals surface area contributed by atoms with Gasteiger partial charge >= 0.3 is 5.69 Å². The van der Waals surface area contributed by atoms with Gasteiger partial charge in [0.05, 0.1) is 10.3 Å². The quantitative estimate of drug-likeness (QED) is 0.507. The molecule has 9 heteroatoms. The summed E-state index contributed by atoms with van der Waals surface area (Å²) < 4.78 is 0. The van der Waals surface area contributed by atoms with Crippen LogP contribution in [-0.4, -0.2) is 40.9 Å². The van der Waals surface area contributed by atoms with Crippen LogP contribution in [0.15, 0.2) is 6.20 Å². The van der Waals surface area contributed by atoms with Gasteiger partial charge in [-0.15, -0.1) is 0 Å². The monoisotopic (exact) mass is 299 g/mol. The van der Waals surface area contributed by atoms with Crippen molar-refractivity contribution in [1.29, 1.82) is 0 Å². The van der Waals surface area contributed by atoms with E-state index in [1.165, 1.54) is 0 Å². The molecule has 1 atom stereocenters. The third-order valence-electron chi connectivity index (χ3n) is 3.47. The average molecular weight is 300 g/mol. The van der Waals surface area contributed by atoms with Crippen molar-refractivity contribution in [3.05, 3.63) is 21.6 Å². The number of nitrogens with one attached hydrogen (secondary N) is 1. The van der Waals surface area contributed by atoms with Crippen molar-refractivity contribution in [3.63, 3.8) is 0 Å². The van der Waals surface area contributed by atoms with E-state index in [9.17, 15) is 14.9 Å². The first kappa shape index (κ1) is 14.4. The van der Waals surface area contributed by atoms with Crippen LogP contribution >= 0.6 is 11.6 Å². The zero-order chi connectivity index (χ0) is 14.9. The first-order chi connectivity index (χ1) is 9.37. The number of carbonyl (C=O) groups is 1. The predicted octanol–water partition coefficient (Wildman–Crippen LogP) is 1.00. The van der Waals surface area contributed by atoms with Gasteiger partial charge in [-0.2, -0.15) is 4.98 Å². The second-order valence-electron chi connectivity index (χ2n) is 4.92. The van der Waals surface area contributed by atoms with Gasteiger partial charge in [0.15, 0.2) is 0 Å². The number of rotatable bonds is 3. The van der Waals surface area contributed by atoms with Crippen LogP contribution in [0.3, 0.4) is 0 Å². The van der Waals surface area contributed by atoms with Crippen LogP contribution < -0.4 is 10.2 Å². The summed E-state index contributed by atoms with van der Waals surface area (Å²) in [4.78, 5) is 31.6. The zero-order valence-corrected chi connectivity index (χ0v) is 11.8. The van der Waals surface area contributed by atoms with Crippen molar-refractivity contribution in [2.24, 2.45) is 5.41 Å². The summed E-state index contributed by atoms with van der Waals surface area (Å²) in [6, 6.07) is 0. The minimum absolute atomic E-state index is 0.0563. The molecule has 1 aromatic heterocycles. The van der Waals surface area contributed by atoms with Gasteiger partial charge in [-0.3, -0.25) is 14.9 Å². The van der Waals surface area contributed by atoms with Crippen molar-refractivity contribution < 1.29 is 9.72 Å². The molecule has 2 heterocycles. The van der Waals surface area contributed by atoms with Crippen molar-refractivity contribution in [2.75, 3.05) is 25.0 Å². The fourth-order valence-corrected chi connectivity index (χ4v) is 2.47.